The van der Waals surface area contributed by atoms with Crippen LogP contribution in [0, 0.1) is 6.92 Å². The third kappa shape index (κ3) is 2.67. The average molecular weight is 342 g/mol. The summed E-state index contributed by atoms with van der Waals surface area (Å²) in [7, 11) is -3.66. The predicted octanol–water partition coefficient (Wildman–Crippen LogP) is 2.91. The number of nitrogens with one attached hydrogen (secondary N) is 1. The fourth-order valence-electron chi connectivity index (χ4n) is 3.00. The van der Waals surface area contributed by atoms with Crippen LogP contribution in [-0.2, 0) is 16.6 Å². The van der Waals surface area contributed by atoms with E-state index in [1.54, 1.807) is 36.4 Å². The second-order valence-corrected chi connectivity index (χ2v) is 8.14. The number of rotatable bonds is 4. The predicted molar refractivity (Wildman–Crippen MR) is 91.3 cm³/mol. The van der Waals surface area contributed by atoms with Crippen LogP contribution in [0.5, 0.6) is 0 Å². The third-order valence-corrected chi connectivity index (χ3v) is 5.91. The molecular formula is C18H18N2O3S. The van der Waals surface area contributed by atoms with Crippen LogP contribution in [0.4, 0.5) is 5.69 Å². The van der Waals surface area contributed by atoms with Gasteiger partial charge in [0, 0.05) is 23.8 Å². The molecule has 0 bridgehead atoms. The standard InChI is InChI=1S/C18H18N2O3S/c1-12-2-8-16(9-3-12)24(22,23)19-14-5-4-13-11-20(15-6-7-15)18(21)17(13)10-14/h2-5,8-10,15,19H,6-7,11H2,1H3. The molecule has 0 spiro atoms. The van der Waals surface area contributed by atoms with Crippen LogP contribution >= 0.6 is 0 Å². The summed E-state index contributed by atoms with van der Waals surface area (Å²) in [6.07, 6.45) is 2.12. The number of benzene rings is 2. The lowest BCUT2D eigenvalue weighted by Gasteiger charge is -2.13. The highest BCUT2D eigenvalue weighted by Crippen LogP contribution is 2.35. The second kappa shape index (κ2) is 5.34. The fraction of sp³-hybridized carbons (Fsp3) is 0.278. The first-order valence-corrected chi connectivity index (χ1v) is 9.46. The Labute approximate surface area is 141 Å². The van der Waals surface area contributed by atoms with Gasteiger partial charge in [0.25, 0.3) is 15.9 Å². The summed E-state index contributed by atoms with van der Waals surface area (Å²) in [6.45, 7) is 2.53. The van der Waals surface area contributed by atoms with Crippen LogP contribution in [0.15, 0.2) is 47.4 Å². The van der Waals surface area contributed by atoms with Crippen molar-refractivity contribution in [3.05, 3.63) is 59.2 Å². The van der Waals surface area contributed by atoms with Gasteiger partial charge in [0.2, 0.25) is 0 Å². The minimum atomic E-state index is -3.66. The summed E-state index contributed by atoms with van der Waals surface area (Å²) in [4.78, 5) is 14.5. The van der Waals surface area contributed by atoms with Crippen molar-refractivity contribution in [3.8, 4) is 0 Å². The first kappa shape index (κ1) is 15.2. The summed E-state index contributed by atoms with van der Waals surface area (Å²) < 4.78 is 27.5. The van der Waals surface area contributed by atoms with Crippen LogP contribution in [0.3, 0.4) is 0 Å². The van der Waals surface area contributed by atoms with Gasteiger partial charge in [0.15, 0.2) is 0 Å². The SMILES string of the molecule is Cc1ccc(S(=O)(=O)Nc2ccc3c(c2)C(=O)N(C2CC2)C3)cc1. The number of sulfonamides is 1. The van der Waals surface area contributed by atoms with Crippen molar-refractivity contribution in [2.75, 3.05) is 4.72 Å². The maximum absolute atomic E-state index is 12.5. The molecule has 2 aliphatic rings. The van der Waals surface area contributed by atoms with Crippen LogP contribution in [0.25, 0.3) is 0 Å². The maximum Gasteiger partial charge on any atom is 0.261 e. The van der Waals surface area contributed by atoms with Gasteiger partial charge in [-0.25, -0.2) is 8.42 Å². The van der Waals surface area contributed by atoms with Crippen LogP contribution < -0.4 is 4.72 Å². The molecule has 24 heavy (non-hydrogen) atoms. The lowest BCUT2D eigenvalue weighted by molar-refractivity contribution is 0.0766. The van der Waals surface area contributed by atoms with Gasteiger partial charge >= 0.3 is 0 Å². The van der Waals surface area contributed by atoms with Gasteiger partial charge in [0.05, 0.1) is 4.90 Å². The van der Waals surface area contributed by atoms with Crippen molar-refractivity contribution in [3.63, 3.8) is 0 Å². The molecule has 0 aromatic heterocycles. The smallest absolute Gasteiger partial charge is 0.261 e. The Balaban J connectivity index is 1.60. The number of carbonyl (C=O) groups is 1. The van der Waals surface area contributed by atoms with E-state index in [1.165, 1.54) is 0 Å². The Hall–Kier alpha value is -2.34. The second-order valence-electron chi connectivity index (χ2n) is 6.45. The number of nitrogens with zero attached hydrogens (tertiary/aromatic N) is 1. The highest BCUT2D eigenvalue weighted by molar-refractivity contribution is 7.92. The molecule has 0 radical (unpaired) electrons. The molecule has 4 rings (SSSR count). The lowest BCUT2D eigenvalue weighted by Crippen LogP contribution is -2.25. The molecule has 0 unspecified atom stereocenters. The van der Waals surface area contributed by atoms with Crippen LogP contribution in [0.2, 0.25) is 0 Å². The number of hydrogen-bond donors (Lipinski definition) is 1. The first-order valence-electron chi connectivity index (χ1n) is 7.97. The average Bonchev–Trinajstić information content (AvgIpc) is 3.33. The van der Waals surface area contributed by atoms with Crippen LogP contribution in [-0.4, -0.2) is 25.3 Å². The molecule has 5 nitrogen and oxygen atoms in total. The molecule has 1 saturated carbocycles. The van der Waals surface area contributed by atoms with Gasteiger partial charge in [-0.15, -0.1) is 0 Å². The van der Waals surface area contributed by atoms with Gasteiger partial charge in [-0.1, -0.05) is 23.8 Å². The minimum absolute atomic E-state index is 0.00360. The van der Waals surface area contributed by atoms with Crippen LogP contribution in [0.1, 0.15) is 34.3 Å². The van der Waals surface area contributed by atoms with E-state index in [4.69, 9.17) is 0 Å². The molecule has 1 N–H and O–H groups in total. The Morgan fingerprint density at radius 3 is 2.46 bits per heavy atom. The molecule has 1 aliphatic carbocycles. The quantitative estimate of drug-likeness (QED) is 0.929. The maximum atomic E-state index is 12.5. The van der Waals surface area contributed by atoms with Crippen molar-refractivity contribution < 1.29 is 13.2 Å². The van der Waals surface area contributed by atoms with Crippen molar-refractivity contribution in [2.45, 2.75) is 37.2 Å². The van der Waals surface area contributed by atoms with E-state index < -0.39 is 10.0 Å². The van der Waals surface area contributed by atoms with E-state index in [0.29, 0.717) is 23.8 Å². The first-order chi connectivity index (χ1) is 11.4. The van der Waals surface area contributed by atoms with E-state index in [-0.39, 0.29) is 10.8 Å². The molecule has 2 aromatic carbocycles. The number of hydrogen-bond acceptors (Lipinski definition) is 3. The van der Waals surface area contributed by atoms with Gasteiger partial charge in [-0.05, 0) is 49.6 Å². The summed E-state index contributed by atoms with van der Waals surface area (Å²) in [5.41, 5.74) is 2.98. The number of amides is 1. The topological polar surface area (TPSA) is 66.5 Å². The number of anilines is 1. The lowest BCUT2D eigenvalue weighted by atomic mass is 10.1. The number of carbonyl (C=O) groups excluding carboxylic acids is 1. The molecule has 124 valence electrons. The molecule has 1 amide bonds. The van der Waals surface area contributed by atoms with E-state index in [9.17, 15) is 13.2 Å². The van der Waals surface area contributed by atoms with Gasteiger partial charge in [-0.2, -0.15) is 0 Å². The van der Waals surface area contributed by atoms with E-state index in [2.05, 4.69) is 4.72 Å². The summed E-state index contributed by atoms with van der Waals surface area (Å²) >= 11 is 0. The van der Waals surface area contributed by atoms with Gasteiger partial charge in [0.1, 0.15) is 0 Å². The molecule has 1 aliphatic heterocycles. The normalized spacial score (nSPS) is 17.0. The van der Waals surface area contributed by atoms with E-state index in [0.717, 1.165) is 24.0 Å². The molecule has 1 fully saturated rings. The Morgan fingerprint density at radius 2 is 1.79 bits per heavy atom. The highest BCUT2D eigenvalue weighted by atomic mass is 32.2. The minimum Gasteiger partial charge on any atom is -0.331 e. The van der Waals surface area contributed by atoms with E-state index in [1.807, 2.05) is 17.9 Å². The van der Waals surface area contributed by atoms with Gasteiger partial charge in [-0.3, -0.25) is 9.52 Å². The molecule has 1 heterocycles. The Kier molecular flexibility index (Phi) is 3.38. The van der Waals surface area contributed by atoms with E-state index >= 15 is 0 Å². The largest absolute Gasteiger partial charge is 0.331 e. The molecule has 2 aromatic rings. The zero-order chi connectivity index (χ0) is 16.9. The zero-order valence-corrected chi connectivity index (χ0v) is 14.1. The summed E-state index contributed by atoms with van der Waals surface area (Å²) in [6, 6.07) is 12.2. The van der Waals surface area contributed by atoms with Crippen molar-refractivity contribution in [2.24, 2.45) is 0 Å². The summed E-state index contributed by atoms with van der Waals surface area (Å²) in [5.74, 6) is 0.00360. The Morgan fingerprint density at radius 1 is 1.08 bits per heavy atom. The Bertz CT molecular complexity index is 916. The number of fused-ring (bicyclic) bond motifs is 1. The van der Waals surface area contributed by atoms with Crippen molar-refractivity contribution in [1.82, 2.24) is 4.90 Å². The molecule has 6 heteroatoms. The van der Waals surface area contributed by atoms with Crippen molar-refractivity contribution >= 4 is 21.6 Å². The fourth-order valence-corrected chi connectivity index (χ4v) is 4.05. The highest BCUT2D eigenvalue weighted by Gasteiger charge is 2.38. The number of aryl methyl sites for hydroxylation is 1. The third-order valence-electron chi connectivity index (χ3n) is 4.51. The molecule has 0 atom stereocenters. The molecule has 0 saturated heterocycles. The summed E-state index contributed by atoms with van der Waals surface area (Å²) in [5, 5.41) is 0. The zero-order valence-electron chi connectivity index (χ0n) is 13.3. The molecular weight excluding hydrogens is 324 g/mol. The van der Waals surface area contributed by atoms with Gasteiger partial charge < -0.3 is 4.90 Å². The van der Waals surface area contributed by atoms with Crippen molar-refractivity contribution in [1.29, 1.82) is 0 Å². The monoisotopic (exact) mass is 342 g/mol.